The van der Waals surface area contributed by atoms with Crippen molar-refractivity contribution in [1.29, 1.82) is 0 Å². The van der Waals surface area contributed by atoms with Crippen molar-refractivity contribution in [2.45, 2.75) is 63.6 Å². The van der Waals surface area contributed by atoms with Crippen molar-refractivity contribution < 1.29 is 9.53 Å². The lowest BCUT2D eigenvalue weighted by Crippen LogP contribution is -2.43. The van der Waals surface area contributed by atoms with Crippen LogP contribution in [0.2, 0.25) is 0 Å². The zero-order chi connectivity index (χ0) is 20.5. The smallest absolute Gasteiger partial charge is 0.317 e. The maximum atomic E-state index is 12.8. The molecule has 2 aromatic heterocycles. The number of nitrogens with zero attached hydrogens (tertiary/aromatic N) is 4. The van der Waals surface area contributed by atoms with Gasteiger partial charge in [0.2, 0.25) is 5.88 Å². The number of aromatic nitrogens is 3. The van der Waals surface area contributed by atoms with E-state index in [2.05, 4.69) is 33.2 Å². The number of aryl methyl sites for hydroxylation is 1. The van der Waals surface area contributed by atoms with Gasteiger partial charge in [-0.1, -0.05) is 18.9 Å². The largest absolute Gasteiger partial charge is 0.472 e. The fourth-order valence-electron chi connectivity index (χ4n) is 5.48. The second-order valence-electron chi connectivity index (χ2n) is 9.22. The summed E-state index contributed by atoms with van der Waals surface area (Å²) in [4.78, 5) is 19.2. The molecule has 2 aliphatic carbocycles. The first-order chi connectivity index (χ1) is 14.7. The molecule has 0 aromatic carbocycles. The van der Waals surface area contributed by atoms with Crippen molar-refractivity contribution in [3.05, 3.63) is 42.4 Å². The highest BCUT2D eigenvalue weighted by atomic mass is 16.5. The molecule has 1 aliphatic heterocycles. The molecule has 30 heavy (non-hydrogen) atoms. The van der Waals surface area contributed by atoms with Crippen LogP contribution in [0.1, 0.15) is 50.1 Å². The van der Waals surface area contributed by atoms with Crippen LogP contribution in [0.5, 0.6) is 5.88 Å². The maximum absolute atomic E-state index is 12.8. The molecule has 7 heteroatoms. The third-order valence-corrected chi connectivity index (χ3v) is 7.04. The average Bonchev–Trinajstić information content (AvgIpc) is 3.49. The third kappa shape index (κ3) is 4.02. The number of ether oxygens (including phenoxy) is 1. The highest BCUT2D eigenvalue weighted by Crippen LogP contribution is 2.42. The molecule has 1 saturated heterocycles. The van der Waals surface area contributed by atoms with Crippen LogP contribution in [0.25, 0.3) is 0 Å². The number of amides is 2. The summed E-state index contributed by atoms with van der Waals surface area (Å²) in [6.07, 6.45) is 12.3. The van der Waals surface area contributed by atoms with E-state index in [0.717, 1.165) is 44.3 Å². The van der Waals surface area contributed by atoms with Crippen LogP contribution in [0.4, 0.5) is 4.79 Å². The van der Waals surface area contributed by atoms with Gasteiger partial charge in [0, 0.05) is 37.6 Å². The van der Waals surface area contributed by atoms with Crippen LogP contribution in [-0.2, 0) is 0 Å². The second kappa shape index (κ2) is 8.28. The minimum atomic E-state index is -0.00158. The summed E-state index contributed by atoms with van der Waals surface area (Å²) in [6.45, 7) is 3.71. The third-order valence-electron chi connectivity index (χ3n) is 7.04. The van der Waals surface area contributed by atoms with Crippen LogP contribution < -0.4 is 10.1 Å². The lowest BCUT2D eigenvalue weighted by molar-refractivity contribution is 0.0459. The Balaban J connectivity index is 1.30. The van der Waals surface area contributed by atoms with Gasteiger partial charge in [-0.2, -0.15) is 5.10 Å². The molecule has 5 rings (SSSR count). The molecule has 160 valence electrons. The molecule has 2 aromatic rings. The van der Waals surface area contributed by atoms with Crippen molar-refractivity contribution in [3.63, 3.8) is 0 Å². The molecule has 0 spiro atoms. The number of fused-ring (bicyclic) bond motifs is 1. The molecule has 0 bridgehead atoms. The van der Waals surface area contributed by atoms with E-state index in [1.54, 1.807) is 6.20 Å². The summed E-state index contributed by atoms with van der Waals surface area (Å²) in [7, 11) is 0. The highest BCUT2D eigenvalue weighted by Gasteiger charge is 2.45. The second-order valence-corrected chi connectivity index (χ2v) is 9.22. The van der Waals surface area contributed by atoms with Crippen molar-refractivity contribution in [2.24, 2.45) is 11.8 Å². The molecule has 3 aliphatic rings. The van der Waals surface area contributed by atoms with Gasteiger partial charge in [-0.3, -0.25) is 4.68 Å². The van der Waals surface area contributed by atoms with Crippen LogP contribution in [0.3, 0.4) is 0 Å². The van der Waals surface area contributed by atoms with Crippen LogP contribution in [0, 0.1) is 18.8 Å². The number of hydrogen-bond acceptors (Lipinski definition) is 4. The fraction of sp³-hybridized carbons (Fsp3) is 0.609. The summed E-state index contributed by atoms with van der Waals surface area (Å²) < 4.78 is 8.41. The van der Waals surface area contributed by atoms with Gasteiger partial charge in [0.05, 0.1) is 12.2 Å². The number of carbonyl (C=O) groups excluding carboxylic acids is 1. The number of pyridine rings is 1. The van der Waals surface area contributed by atoms with Crippen molar-refractivity contribution in [2.75, 3.05) is 13.1 Å². The van der Waals surface area contributed by atoms with Crippen LogP contribution in [0.15, 0.2) is 36.8 Å². The van der Waals surface area contributed by atoms with E-state index >= 15 is 0 Å². The van der Waals surface area contributed by atoms with Gasteiger partial charge in [-0.15, -0.1) is 0 Å². The first-order valence-corrected chi connectivity index (χ1v) is 11.3. The highest BCUT2D eigenvalue weighted by molar-refractivity contribution is 5.75. The van der Waals surface area contributed by atoms with E-state index in [9.17, 15) is 4.79 Å². The molecular weight excluding hydrogens is 378 g/mol. The number of rotatable bonds is 4. The monoisotopic (exact) mass is 409 g/mol. The van der Waals surface area contributed by atoms with Crippen molar-refractivity contribution >= 4 is 6.03 Å². The molecule has 1 N–H and O–H groups in total. The Bertz CT molecular complexity index is 863. The zero-order valence-electron chi connectivity index (χ0n) is 17.6. The summed E-state index contributed by atoms with van der Waals surface area (Å²) in [5, 5.41) is 7.85. The van der Waals surface area contributed by atoms with Gasteiger partial charge in [-0.05, 0) is 56.1 Å². The molecule has 4 atom stereocenters. The maximum Gasteiger partial charge on any atom is 0.317 e. The molecule has 2 amide bonds. The van der Waals surface area contributed by atoms with Gasteiger partial charge >= 0.3 is 6.03 Å². The summed E-state index contributed by atoms with van der Waals surface area (Å²) in [5.41, 5.74) is 1.15. The van der Waals surface area contributed by atoms with E-state index in [4.69, 9.17) is 4.74 Å². The topological polar surface area (TPSA) is 72.3 Å². The van der Waals surface area contributed by atoms with E-state index in [1.165, 1.54) is 12.8 Å². The molecule has 3 fully saturated rings. The first kappa shape index (κ1) is 19.4. The van der Waals surface area contributed by atoms with E-state index in [-0.39, 0.29) is 18.2 Å². The minimum Gasteiger partial charge on any atom is -0.472 e. The summed E-state index contributed by atoms with van der Waals surface area (Å²) >= 11 is 0. The Kier molecular flexibility index (Phi) is 5.35. The predicted octanol–water partition coefficient (Wildman–Crippen LogP) is 3.57. The van der Waals surface area contributed by atoms with Crippen molar-refractivity contribution in [3.8, 4) is 5.88 Å². The summed E-state index contributed by atoms with van der Waals surface area (Å²) in [6, 6.07) is 6.39. The van der Waals surface area contributed by atoms with Crippen LogP contribution >= 0.6 is 0 Å². The van der Waals surface area contributed by atoms with Crippen LogP contribution in [-0.4, -0.2) is 50.9 Å². The fourth-order valence-corrected chi connectivity index (χ4v) is 5.48. The molecular formula is C23H31N5O2. The van der Waals surface area contributed by atoms with Gasteiger partial charge in [0.25, 0.3) is 0 Å². The lowest BCUT2D eigenvalue weighted by Gasteiger charge is -2.37. The number of nitrogens with one attached hydrogen (secondary N) is 1. The first-order valence-electron chi connectivity index (χ1n) is 11.3. The van der Waals surface area contributed by atoms with Gasteiger partial charge < -0.3 is 15.0 Å². The lowest BCUT2D eigenvalue weighted by atomic mass is 9.77. The number of likely N-dealkylation sites (tertiary alicyclic amines) is 1. The molecule has 0 radical (unpaired) electrons. The Morgan fingerprint density at radius 3 is 2.67 bits per heavy atom. The SMILES string of the molecule is Cc1cnn([C@H]2C[C@H]3CN(C(=O)NC4CCCC4)C[C@H]3C[C@@H]2Oc2ccccn2)c1. The standard InChI is InChI=1S/C23H31N5O2/c1-16-12-25-28(13-16)20-10-17-14-27(23(29)26-19-6-2-3-7-19)15-18(17)11-21(20)30-22-8-4-5-9-24-22/h4-5,8-9,12-13,17-21H,2-3,6-7,10-11,14-15H2,1H3,(H,26,29)/t17-,18+,20-,21-/m0/s1. The summed E-state index contributed by atoms with van der Waals surface area (Å²) in [5.74, 6) is 1.60. The molecule has 2 saturated carbocycles. The van der Waals surface area contributed by atoms with E-state index < -0.39 is 0 Å². The zero-order valence-corrected chi connectivity index (χ0v) is 17.6. The van der Waals surface area contributed by atoms with Gasteiger partial charge in [0.1, 0.15) is 6.10 Å². The normalized spacial score (nSPS) is 29.0. The van der Waals surface area contributed by atoms with Gasteiger partial charge in [-0.25, -0.2) is 9.78 Å². The average molecular weight is 410 g/mol. The Labute approximate surface area is 177 Å². The number of hydrogen-bond donors (Lipinski definition) is 1. The van der Waals surface area contributed by atoms with Crippen molar-refractivity contribution in [1.82, 2.24) is 25.0 Å². The molecule has 0 unspecified atom stereocenters. The number of urea groups is 1. The number of carbonyl (C=O) groups is 1. The molecule has 7 nitrogen and oxygen atoms in total. The minimum absolute atomic E-state index is 0.00158. The predicted molar refractivity (Wildman–Crippen MR) is 113 cm³/mol. The Morgan fingerprint density at radius 1 is 1.17 bits per heavy atom. The molecule has 3 heterocycles. The Morgan fingerprint density at radius 2 is 1.97 bits per heavy atom. The van der Waals surface area contributed by atoms with E-state index in [0.29, 0.717) is 23.8 Å². The Hall–Kier alpha value is -2.57. The van der Waals surface area contributed by atoms with E-state index in [1.807, 2.05) is 29.3 Å². The quantitative estimate of drug-likeness (QED) is 0.838. The van der Waals surface area contributed by atoms with Gasteiger partial charge in [0.15, 0.2) is 0 Å².